The molecule has 64 valence electrons. The van der Waals surface area contributed by atoms with Gasteiger partial charge in [-0.3, -0.25) is 0 Å². The third-order valence-electron chi connectivity index (χ3n) is 2.26. The molecule has 2 heterocycles. The first-order valence-corrected chi connectivity index (χ1v) is 5.91. The lowest BCUT2D eigenvalue weighted by Crippen LogP contribution is -1.57. The molecule has 0 aliphatic carbocycles. The third kappa shape index (κ3) is 0.960. The Morgan fingerprint density at radius 1 is 1.08 bits per heavy atom. The Kier molecular flexibility index (Phi) is 1.49. The maximum atomic E-state index is 2.24. The molecule has 0 bridgehead atoms. The lowest BCUT2D eigenvalue weighted by Gasteiger charge is -1.84. The molecule has 0 aliphatic heterocycles. The van der Waals surface area contributed by atoms with E-state index in [9.17, 15) is 0 Å². The zero-order chi connectivity index (χ0) is 8.84. The van der Waals surface area contributed by atoms with Gasteiger partial charge in [0.05, 0.1) is 4.70 Å². The average molecular weight is 204 g/mol. The van der Waals surface area contributed by atoms with Crippen LogP contribution < -0.4 is 0 Å². The van der Waals surface area contributed by atoms with E-state index in [2.05, 4.69) is 36.6 Å². The molecule has 0 nitrogen and oxygen atoms in total. The predicted octanol–water partition coefficient (Wildman–Crippen LogP) is 4.42. The molecular formula is C11H8S2. The minimum atomic E-state index is 1.41. The Hall–Kier alpha value is -0.860. The first-order valence-electron chi connectivity index (χ1n) is 4.21. The van der Waals surface area contributed by atoms with Crippen molar-refractivity contribution >= 4 is 42.2 Å². The van der Waals surface area contributed by atoms with E-state index in [-0.39, 0.29) is 0 Å². The first-order chi connectivity index (χ1) is 6.36. The zero-order valence-electron chi connectivity index (χ0n) is 7.20. The quantitative estimate of drug-likeness (QED) is 0.508. The number of benzene rings is 1. The van der Waals surface area contributed by atoms with Crippen LogP contribution in [0.25, 0.3) is 19.5 Å². The van der Waals surface area contributed by atoms with E-state index >= 15 is 0 Å². The fourth-order valence-electron chi connectivity index (χ4n) is 1.60. The maximum absolute atomic E-state index is 2.24. The van der Waals surface area contributed by atoms with Gasteiger partial charge in [-0.25, -0.2) is 0 Å². The van der Waals surface area contributed by atoms with Crippen LogP contribution in [-0.2, 0) is 0 Å². The Morgan fingerprint density at radius 3 is 2.85 bits per heavy atom. The molecule has 13 heavy (non-hydrogen) atoms. The Balaban J connectivity index is 2.64. The van der Waals surface area contributed by atoms with Crippen molar-refractivity contribution in [3.63, 3.8) is 0 Å². The fourth-order valence-corrected chi connectivity index (χ4v) is 4.06. The van der Waals surface area contributed by atoms with E-state index in [1.54, 1.807) is 0 Å². The van der Waals surface area contributed by atoms with Gasteiger partial charge in [-0.2, -0.15) is 0 Å². The third-order valence-corrected chi connectivity index (χ3v) is 4.83. The highest BCUT2D eigenvalue weighted by atomic mass is 32.1. The highest BCUT2D eigenvalue weighted by Crippen LogP contribution is 2.39. The van der Waals surface area contributed by atoms with Gasteiger partial charge in [0.1, 0.15) is 0 Å². The standard InChI is InChI=1S/C11H8S2/c1-7-6-12-11-8-4-2-3-5-9(8)13-10(7)11/h2-6H,1H3. The van der Waals surface area contributed by atoms with Crippen molar-refractivity contribution in [2.45, 2.75) is 6.92 Å². The molecule has 0 saturated heterocycles. The van der Waals surface area contributed by atoms with E-state index < -0.39 is 0 Å². The molecule has 0 unspecified atom stereocenters. The van der Waals surface area contributed by atoms with E-state index in [0.717, 1.165) is 0 Å². The molecule has 2 aromatic heterocycles. The molecule has 0 amide bonds. The molecule has 3 rings (SSSR count). The summed E-state index contributed by atoms with van der Waals surface area (Å²) in [5.41, 5.74) is 1.42. The molecular weight excluding hydrogens is 196 g/mol. The summed E-state index contributed by atoms with van der Waals surface area (Å²) in [5, 5.41) is 3.66. The lowest BCUT2D eigenvalue weighted by atomic mass is 10.2. The zero-order valence-corrected chi connectivity index (χ0v) is 8.84. The highest BCUT2D eigenvalue weighted by molar-refractivity contribution is 7.32. The second kappa shape index (κ2) is 2.56. The molecule has 0 fully saturated rings. The molecule has 0 saturated carbocycles. The lowest BCUT2D eigenvalue weighted by molar-refractivity contribution is 1.63. The number of fused-ring (bicyclic) bond motifs is 3. The Bertz CT molecular complexity index is 572. The van der Waals surface area contributed by atoms with Gasteiger partial charge in [-0.15, -0.1) is 22.7 Å². The second-order valence-electron chi connectivity index (χ2n) is 3.18. The van der Waals surface area contributed by atoms with E-state index in [4.69, 9.17) is 0 Å². The summed E-state index contributed by atoms with van der Waals surface area (Å²) < 4.78 is 4.33. The number of hydrogen-bond donors (Lipinski definition) is 0. The second-order valence-corrected chi connectivity index (χ2v) is 5.11. The monoisotopic (exact) mass is 204 g/mol. The molecule has 0 atom stereocenters. The van der Waals surface area contributed by atoms with Crippen molar-refractivity contribution in [3.8, 4) is 0 Å². The summed E-state index contributed by atoms with van der Waals surface area (Å²) in [6.45, 7) is 2.19. The molecule has 1 aromatic carbocycles. The van der Waals surface area contributed by atoms with Crippen LogP contribution in [-0.4, -0.2) is 0 Å². The van der Waals surface area contributed by atoms with Crippen molar-refractivity contribution in [2.75, 3.05) is 0 Å². The van der Waals surface area contributed by atoms with Crippen LogP contribution in [0.15, 0.2) is 29.6 Å². The van der Waals surface area contributed by atoms with Gasteiger partial charge in [0, 0.05) is 14.8 Å². The molecule has 2 heteroatoms. The highest BCUT2D eigenvalue weighted by Gasteiger charge is 2.07. The van der Waals surface area contributed by atoms with Gasteiger partial charge in [0.15, 0.2) is 0 Å². The van der Waals surface area contributed by atoms with Crippen LogP contribution in [0.3, 0.4) is 0 Å². The van der Waals surface area contributed by atoms with Gasteiger partial charge < -0.3 is 0 Å². The van der Waals surface area contributed by atoms with Crippen LogP contribution in [0.2, 0.25) is 0 Å². The van der Waals surface area contributed by atoms with Crippen molar-refractivity contribution in [3.05, 3.63) is 35.2 Å². The summed E-state index contributed by atoms with van der Waals surface area (Å²) in [4.78, 5) is 0. The minimum Gasteiger partial charge on any atom is -0.142 e. The molecule has 0 N–H and O–H groups in total. The summed E-state index contributed by atoms with van der Waals surface area (Å²) >= 11 is 3.77. The van der Waals surface area contributed by atoms with E-state index in [0.29, 0.717) is 0 Å². The average Bonchev–Trinajstić information content (AvgIpc) is 2.67. The van der Waals surface area contributed by atoms with Gasteiger partial charge in [-0.1, -0.05) is 18.2 Å². The van der Waals surface area contributed by atoms with Crippen LogP contribution in [0.1, 0.15) is 5.56 Å². The van der Waals surface area contributed by atoms with Crippen LogP contribution in [0, 0.1) is 6.92 Å². The van der Waals surface area contributed by atoms with E-state index in [1.807, 2.05) is 22.7 Å². The number of aryl methyl sites for hydroxylation is 1. The fraction of sp³-hybridized carbons (Fsp3) is 0.0909. The smallest absolute Gasteiger partial charge is 0.0532 e. The van der Waals surface area contributed by atoms with E-state index in [1.165, 1.54) is 25.0 Å². The van der Waals surface area contributed by atoms with Gasteiger partial charge >= 0.3 is 0 Å². The van der Waals surface area contributed by atoms with Crippen LogP contribution in [0.4, 0.5) is 0 Å². The summed E-state index contributed by atoms with van der Waals surface area (Å²) in [5.74, 6) is 0. The van der Waals surface area contributed by atoms with Crippen molar-refractivity contribution in [1.82, 2.24) is 0 Å². The largest absolute Gasteiger partial charge is 0.142 e. The summed E-state index contributed by atoms with van der Waals surface area (Å²) in [7, 11) is 0. The normalized spacial score (nSPS) is 11.5. The van der Waals surface area contributed by atoms with Gasteiger partial charge in [0.25, 0.3) is 0 Å². The maximum Gasteiger partial charge on any atom is 0.0532 e. The van der Waals surface area contributed by atoms with Gasteiger partial charge in [-0.05, 0) is 23.9 Å². The summed E-state index contributed by atoms with van der Waals surface area (Å²) in [6.07, 6.45) is 0. The van der Waals surface area contributed by atoms with Crippen LogP contribution in [0.5, 0.6) is 0 Å². The SMILES string of the molecule is Cc1csc2c1sc1ccccc12. The predicted molar refractivity (Wildman–Crippen MR) is 61.9 cm³/mol. The first kappa shape index (κ1) is 7.54. The van der Waals surface area contributed by atoms with Gasteiger partial charge in [0.2, 0.25) is 0 Å². The Labute approximate surface area is 84.4 Å². The molecule has 0 spiro atoms. The number of rotatable bonds is 0. The van der Waals surface area contributed by atoms with Crippen molar-refractivity contribution < 1.29 is 0 Å². The van der Waals surface area contributed by atoms with Crippen molar-refractivity contribution in [1.29, 1.82) is 0 Å². The van der Waals surface area contributed by atoms with Crippen molar-refractivity contribution in [2.24, 2.45) is 0 Å². The molecule has 0 aliphatic rings. The molecule has 3 aromatic rings. The van der Waals surface area contributed by atoms with Crippen LogP contribution >= 0.6 is 22.7 Å². The topological polar surface area (TPSA) is 0 Å². The summed E-state index contributed by atoms with van der Waals surface area (Å²) in [6, 6.07) is 8.64. The minimum absolute atomic E-state index is 1.41. The number of thiophene rings is 2. The molecule has 0 radical (unpaired) electrons. The Morgan fingerprint density at radius 2 is 1.92 bits per heavy atom. The number of hydrogen-bond acceptors (Lipinski definition) is 2.